The van der Waals surface area contributed by atoms with Crippen LogP contribution in [-0.2, 0) is 9.84 Å². The van der Waals surface area contributed by atoms with E-state index in [0.29, 0.717) is 11.7 Å². The maximum absolute atomic E-state index is 11.2. The van der Waals surface area contributed by atoms with Gasteiger partial charge < -0.3 is 5.32 Å². The molecule has 3 nitrogen and oxygen atoms in total. The van der Waals surface area contributed by atoms with Crippen LogP contribution in [0.25, 0.3) is 0 Å². The summed E-state index contributed by atoms with van der Waals surface area (Å²) in [6.45, 7) is 5.43. The van der Waals surface area contributed by atoms with Crippen LogP contribution in [-0.4, -0.2) is 32.5 Å². The maximum atomic E-state index is 11.2. The minimum Gasteiger partial charge on any atom is -0.311 e. The summed E-state index contributed by atoms with van der Waals surface area (Å²) < 4.78 is 22.4. The van der Waals surface area contributed by atoms with Gasteiger partial charge in [0.05, 0.1) is 5.75 Å². The summed E-state index contributed by atoms with van der Waals surface area (Å²) in [6.07, 6.45) is 5.48. The molecule has 1 unspecified atom stereocenters. The highest BCUT2D eigenvalue weighted by Crippen LogP contribution is 2.30. The largest absolute Gasteiger partial charge is 0.311 e. The molecule has 1 aliphatic heterocycles. The second-order valence-electron chi connectivity index (χ2n) is 5.29. The molecule has 1 rings (SSSR count). The Hall–Kier alpha value is -0.0900. The number of hydrogen-bond acceptors (Lipinski definition) is 3. The normalized spacial score (nSPS) is 27.5. The highest BCUT2D eigenvalue weighted by Gasteiger charge is 2.34. The third kappa shape index (κ3) is 4.51. The van der Waals surface area contributed by atoms with Gasteiger partial charge in [0.2, 0.25) is 0 Å². The zero-order valence-corrected chi connectivity index (χ0v) is 10.9. The van der Waals surface area contributed by atoms with Crippen molar-refractivity contribution in [2.75, 3.05) is 18.6 Å². The lowest BCUT2D eigenvalue weighted by molar-refractivity contribution is 0.295. The molecule has 0 amide bonds. The van der Waals surface area contributed by atoms with E-state index in [1.807, 2.05) is 0 Å². The topological polar surface area (TPSA) is 46.2 Å². The fourth-order valence-electron chi connectivity index (χ4n) is 2.52. The van der Waals surface area contributed by atoms with Crippen molar-refractivity contribution in [2.45, 2.75) is 45.1 Å². The third-order valence-electron chi connectivity index (χ3n) is 3.08. The van der Waals surface area contributed by atoms with Gasteiger partial charge in [-0.3, -0.25) is 0 Å². The standard InChI is InChI=1S/C11H23NO2S/c1-10(2)9-11(5-4-7-12-11)6-8-15(3,13)14/h10,12H,4-9H2,1-3H3. The predicted molar refractivity (Wildman–Crippen MR) is 63.8 cm³/mol. The molecule has 0 aromatic rings. The molecule has 0 saturated carbocycles. The molecule has 1 N–H and O–H groups in total. The van der Waals surface area contributed by atoms with E-state index in [-0.39, 0.29) is 5.54 Å². The minimum absolute atomic E-state index is 0.0945. The van der Waals surface area contributed by atoms with Crippen LogP contribution in [0.2, 0.25) is 0 Å². The van der Waals surface area contributed by atoms with Crippen LogP contribution in [0.3, 0.4) is 0 Å². The lowest BCUT2D eigenvalue weighted by Crippen LogP contribution is -2.42. The number of hydrogen-bond donors (Lipinski definition) is 1. The Bertz CT molecular complexity index is 290. The smallest absolute Gasteiger partial charge is 0.147 e. The highest BCUT2D eigenvalue weighted by atomic mass is 32.2. The van der Waals surface area contributed by atoms with E-state index in [9.17, 15) is 8.42 Å². The summed E-state index contributed by atoms with van der Waals surface area (Å²) in [5.41, 5.74) is 0.0945. The van der Waals surface area contributed by atoms with Crippen LogP contribution in [0, 0.1) is 5.92 Å². The molecular formula is C11H23NO2S. The Kier molecular flexibility index (Phi) is 4.18. The molecule has 1 aliphatic rings. The van der Waals surface area contributed by atoms with E-state index in [1.165, 1.54) is 12.7 Å². The first-order valence-corrected chi connectivity index (χ1v) is 7.82. The molecule has 90 valence electrons. The minimum atomic E-state index is -2.83. The molecule has 1 atom stereocenters. The van der Waals surface area contributed by atoms with Crippen LogP contribution in [0.1, 0.15) is 39.5 Å². The van der Waals surface area contributed by atoms with Gasteiger partial charge in [0, 0.05) is 11.8 Å². The van der Waals surface area contributed by atoms with Gasteiger partial charge in [-0.1, -0.05) is 13.8 Å². The van der Waals surface area contributed by atoms with Gasteiger partial charge in [0.25, 0.3) is 0 Å². The van der Waals surface area contributed by atoms with Crippen LogP contribution in [0.15, 0.2) is 0 Å². The number of rotatable bonds is 5. The van der Waals surface area contributed by atoms with E-state index >= 15 is 0 Å². The van der Waals surface area contributed by atoms with Crippen molar-refractivity contribution in [3.05, 3.63) is 0 Å². The average molecular weight is 233 g/mol. The first-order valence-electron chi connectivity index (χ1n) is 5.76. The second kappa shape index (κ2) is 4.83. The van der Waals surface area contributed by atoms with E-state index < -0.39 is 9.84 Å². The zero-order chi connectivity index (χ0) is 11.5. The quantitative estimate of drug-likeness (QED) is 0.784. The van der Waals surface area contributed by atoms with Gasteiger partial charge in [-0.15, -0.1) is 0 Å². The van der Waals surface area contributed by atoms with E-state index in [4.69, 9.17) is 0 Å². The van der Waals surface area contributed by atoms with Crippen LogP contribution >= 0.6 is 0 Å². The van der Waals surface area contributed by atoms with Gasteiger partial charge in [0.15, 0.2) is 0 Å². The van der Waals surface area contributed by atoms with Crippen LogP contribution in [0.4, 0.5) is 0 Å². The van der Waals surface area contributed by atoms with Gasteiger partial charge in [-0.25, -0.2) is 8.42 Å². The molecule has 0 aromatic carbocycles. The summed E-state index contributed by atoms with van der Waals surface area (Å²) >= 11 is 0. The lowest BCUT2D eigenvalue weighted by atomic mass is 9.85. The molecule has 0 spiro atoms. The molecule has 1 heterocycles. The fraction of sp³-hybridized carbons (Fsp3) is 1.00. The summed E-state index contributed by atoms with van der Waals surface area (Å²) in [6, 6.07) is 0. The average Bonchev–Trinajstić information content (AvgIpc) is 2.48. The molecular weight excluding hydrogens is 210 g/mol. The molecule has 0 aromatic heterocycles. The number of nitrogens with one attached hydrogen (secondary N) is 1. The van der Waals surface area contributed by atoms with Gasteiger partial charge in [-0.05, 0) is 38.1 Å². The van der Waals surface area contributed by atoms with Crippen molar-refractivity contribution in [3.8, 4) is 0 Å². The van der Waals surface area contributed by atoms with Gasteiger partial charge in [0.1, 0.15) is 9.84 Å². The molecule has 0 radical (unpaired) electrons. The first-order chi connectivity index (χ1) is 6.83. The van der Waals surface area contributed by atoms with Gasteiger partial charge >= 0.3 is 0 Å². The molecule has 0 bridgehead atoms. The summed E-state index contributed by atoms with van der Waals surface area (Å²) in [5.74, 6) is 0.933. The summed E-state index contributed by atoms with van der Waals surface area (Å²) in [7, 11) is -2.83. The fourth-order valence-corrected chi connectivity index (χ4v) is 3.28. The molecule has 15 heavy (non-hydrogen) atoms. The summed E-state index contributed by atoms with van der Waals surface area (Å²) in [5, 5.41) is 3.51. The number of sulfone groups is 1. The van der Waals surface area contributed by atoms with E-state index in [2.05, 4.69) is 19.2 Å². The van der Waals surface area contributed by atoms with Crippen molar-refractivity contribution in [1.82, 2.24) is 5.32 Å². The Balaban J connectivity index is 2.58. The van der Waals surface area contributed by atoms with Crippen molar-refractivity contribution < 1.29 is 8.42 Å². The maximum Gasteiger partial charge on any atom is 0.147 e. The second-order valence-corrected chi connectivity index (χ2v) is 7.55. The molecule has 0 aliphatic carbocycles. The Morgan fingerprint density at radius 3 is 2.47 bits per heavy atom. The van der Waals surface area contributed by atoms with E-state index in [1.54, 1.807) is 0 Å². The highest BCUT2D eigenvalue weighted by molar-refractivity contribution is 7.90. The SMILES string of the molecule is CC(C)CC1(CCS(C)(=O)=O)CCCN1. The lowest BCUT2D eigenvalue weighted by Gasteiger charge is -2.31. The third-order valence-corrected chi connectivity index (χ3v) is 4.03. The zero-order valence-electron chi connectivity index (χ0n) is 10.0. The van der Waals surface area contributed by atoms with Crippen molar-refractivity contribution in [2.24, 2.45) is 5.92 Å². The molecule has 1 fully saturated rings. The van der Waals surface area contributed by atoms with Crippen molar-refractivity contribution in [1.29, 1.82) is 0 Å². The Morgan fingerprint density at radius 2 is 2.07 bits per heavy atom. The Morgan fingerprint density at radius 1 is 1.40 bits per heavy atom. The molecule has 4 heteroatoms. The van der Waals surface area contributed by atoms with Crippen molar-refractivity contribution >= 4 is 9.84 Å². The summed E-state index contributed by atoms with van der Waals surface area (Å²) in [4.78, 5) is 0. The molecule has 1 saturated heterocycles. The Labute approximate surface area is 93.6 Å². The van der Waals surface area contributed by atoms with Gasteiger partial charge in [-0.2, -0.15) is 0 Å². The van der Waals surface area contributed by atoms with E-state index in [0.717, 1.165) is 25.8 Å². The van der Waals surface area contributed by atoms with Crippen LogP contribution < -0.4 is 5.32 Å². The van der Waals surface area contributed by atoms with Crippen LogP contribution in [0.5, 0.6) is 0 Å². The van der Waals surface area contributed by atoms with Crippen molar-refractivity contribution in [3.63, 3.8) is 0 Å². The first kappa shape index (κ1) is 13.0. The monoisotopic (exact) mass is 233 g/mol. The predicted octanol–water partition coefficient (Wildman–Crippen LogP) is 1.59.